The summed E-state index contributed by atoms with van der Waals surface area (Å²) in [5.74, 6) is 0.00433. The van der Waals surface area contributed by atoms with E-state index in [0.717, 1.165) is 0 Å². The van der Waals surface area contributed by atoms with Gasteiger partial charge in [0, 0.05) is 11.2 Å². The van der Waals surface area contributed by atoms with Gasteiger partial charge in [0.25, 0.3) is 5.91 Å². The number of nitrogens with one attached hydrogen (secondary N) is 1. The van der Waals surface area contributed by atoms with Crippen LogP contribution in [0.25, 0.3) is 0 Å². The zero-order valence-electron chi connectivity index (χ0n) is 17.1. The fourth-order valence-corrected chi connectivity index (χ4v) is 3.62. The summed E-state index contributed by atoms with van der Waals surface area (Å²) >= 11 is 18.4. The normalized spacial score (nSPS) is 10.9. The molecule has 7 nitrogen and oxygen atoms in total. The second kappa shape index (κ2) is 9.82. The Labute approximate surface area is 203 Å². The predicted molar refractivity (Wildman–Crippen MR) is 123 cm³/mol. The quantitative estimate of drug-likeness (QED) is 0.323. The van der Waals surface area contributed by atoms with Crippen molar-refractivity contribution in [2.75, 3.05) is 5.32 Å². The van der Waals surface area contributed by atoms with Crippen LogP contribution in [0.3, 0.4) is 0 Å². The van der Waals surface area contributed by atoms with E-state index in [1.165, 1.54) is 23.0 Å². The number of amides is 1. The molecule has 2 heterocycles. The molecule has 0 saturated heterocycles. The van der Waals surface area contributed by atoms with Gasteiger partial charge in [0.05, 0.1) is 17.1 Å². The number of anilines is 1. The molecular weight excluding hydrogens is 494 g/mol. The van der Waals surface area contributed by atoms with E-state index in [-0.39, 0.29) is 34.7 Å². The zero-order chi connectivity index (χ0) is 23.5. The zero-order valence-corrected chi connectivity index (χ0v) is 19.4. The van der Waals surface area contributed by atoms with Crippen molar-refractivity contribution in [3.05, 3.63) is 92.1 Å². The van der Waals surface area contributed by atoms with Gasteiger partial charge in [-0.05, 0) is 36.8 Å². The molecular formula is C22H16Cl3FN4O3. The molecule has 0 aliphatic rings. The SMILES string of the molecule is Cc1onc(C(=O)Nc2nn(Cc3ccc(F)cc3Cl)cc2Cl)c1COc1ccccc1Cl. The van der Waals surface area contributed by atoms with Gasteiger partial charge in [-0.25, -0.2) is 4.39 Å². The molecule has 0 unspecified atom stereocenters. The fourth-order valence-electron chi connectivity index (χ4n) is 3.01. The van der Waals surface area contributed by atoms with Crippen LogP contribution in [-0.4, -0.2) is 20.8 Å². The van der Waals surface area contributed by atoms with Crippen molar-refractivity contribution in [3.63, 3.8) is 0 Å². The smallest absolute Gasteiger partial charge is 0.279 e. The largest absolute Gasteiger partial charge is 0.487 e. The van der Waals surface area contributed by atoms with Gasteiger partial charge in [-0.2, -0.15) is 5.10 Å². The van der Waals surface area contributed by atoms with Crippen LogP contribution in [-0.2, 0) is 13.2 Å². The van der Waals surface area contributed by atoms with E-state index in [1.54, 1.807) is 37.3 Å². The Kier molecular flexibility index (Phi) is 6.88. The molecule has 170 valence electrons. The Morgan fingerprint density at radius 2 is 1.94 bits per heavy atom. The van der Waals surface area contributed by atoms with Crippen molar-refractivity contribution in [2.24, 2.45) is 0 Å². The van der Waals surface area contributed by atoms with Gasteiger partial charge < -0.3 is 14.6 Å². The van der Waals surface area contributed by atoms with Crippen LogP contribution in [0.15, 0.2) is 53.2 Å². The standard InChI is InChI=1S/C22H16Cl3FN4O3/c1-12-15(11-32-19-5-3-2-4-16(19)23)20(29-33-12)22(31)27-21-18(25)10-30(28-21)9-13-6-7-14(26)8-17(13)24/h2-8,10H,9,11H2,1H3,(H,27,28,31). The Hall–Kier alpha value is -3.07. The highest BCUT2D eigenvalue weighted by Gasteiger charge is 2.22. The number of rotatable bonds is 7. The molecule has 0 aliphatic carbocycles. The van der Waals surface area contributed by atoms with Gasteiger partial charge >= 0.3 is 0 Å². The van der Waals surface area contributed by atoms with Gasteiger partial charge in [0.2, 0.25) is 0 Å². The summed E-state index contributed by atoms with van der Waals surface area (Å²) in [5, 5.41) is 11.6. The third-order valence-electron chi connectivity index (χ3n) is 4.70. The minimum absolute atomic E-state index is 0.0209. The molecule has 0 fully saturated rings. The summed E-state index contributed by atoms with van der Waals surface area (Å²) in [7, 11) is 0. The van der Waals surface area contributed by atoms with Crippen LogP contribution in [0, 0.1) is 12.7 Å². The maximum atomic E-state index is 13.3. The predicted octanol–water partition coefficient (Wildman–Crippen LogP) is 6.16. The van der Waals surface area contributed by atoms with Crippen LogP contribution in [0.4, 0.5) is 10.2 Å². The number of hydrogen-bond donors (Lipinski definition) is 1. The molecule has 0 atom stereocenters. The number of benzene rings is 2. The van der Waals surface area contributed by atoms with E-state index < -0.39 is 11.7 Å². The number of ether oxygens (including phenoxy) is 1. The molecule has 2 aromatic carbocycles. The number of hydrogen-bond acceptors (Lipinski definition) is 5. The molecule has 2 aromatic heterocycles. The lowest BCUT2D eigenvalue weighted by molar-refractivity contribution is 0.101. The highest BCUT2D eigenvalue weighted by molar-refractivity contribution is 6.33. The molecule has 0 radical (unpaired) electrons. The molecule has 4 aromatic rings. The molecule has 0 bridgehead atoms. The first-order valence-corrected chi connectivity index (χ1v) is 10.8. The number of aromatic nitrogens is 3. The van der Waals surface area contributed by atoms with Crippen molar-refractivity contribution < 1.29 is 18.4 Å². The summed E-state index contributed by atoms with van der Waals surface area (Å²) in [5.41, 5.74) is 1.13. The van der Waals surface area contributed by atoms with Gasteiger partial charge in [-0.15, -0.1) is 0 Å². The third kappa shape index (κ3) is 5.30. The first kappa shape index (κ1) is 23.1. The van der Waals surface area contributed by atoms with Gasteiger partial charge in [-0.1, -0.05) is 58.2 Å². The number of aryl methyl sites for hydroxylation is 1. The average molecular weight is 510 g/mol. The number of para-hydroxylation sites is 1. The van der Waals surface area contributed by atoms with Crippen LogP contribution in [0.2, 0.25) is 15.1 Å². The number of carbonyl (C=O) groups is 1. The van der Waals surface area contributed by atoms with Gasteiger partial charge in [0.1, 0.15) is 29.0 Å². The van der Waals surface area contributed by atoms with Crippen molar-refractivity contribution in [1.29, 1.82) is 0 Å². The average Bonchev–Trinajstić information content (AvgIpc) is 3.31. The van der Waals surface area contributed by atoms with Gasteiger partial charge in [0.15, 0.2) is 11.5 Å². The topological polar surface area (TPSA) is 82.2 Å². The second-order valence-electron chi connectivity index (χ2n) is 7.00. The van der Waals surface area contributed by atoms with E-state index in [0.29, 0.717) is 27.7 Å². The van der Waals surface area contributed by atoms with Gasteiger partial charge in [-0.3, -0.25) is 9.48 Å². The number of carbonyl (C=O) groups excluding carboxylic acids is 1. The van der Waals surface area contributed by atoms with E-state index in [1.807, 2.05) is 0 Å². The monoisotopic (exact) mass is 508 g/mol. The highest BCUT2D eigenvalue weighted by Crippen LogP contribution is 2.27. The van der Waals surface area contributed by atoms with Crippen molar-refractivity contribution in [2.45, 2.75) is 20.1 Å². The first-order valence-electron chi connectivity index (χ1n) is 9.62. The lowest BCUT2D eigenvalue weighted by Gasteiger charge is -2.08. The van der Waals surface area contributed by atoms with Crippen LogP contribution in [0.1, 0.15) is 27.4 Å². The van der Waals surface area contributed by atoms with E-state index in [2.05, 4.69) is 15.6 Å². The highest BCUT2D eigenvalue weighted by atomic mass is 35.5. The Morgan fingerprint density at radius 3 is 2.70 bits per heavy atom. The van der Waals surface area contributed by atoms with Crippen LogP contribution >= 0.6 is 34.8 Å². The maximum Gasteiger partial charge on any atom is 0.279 e. The number of halogens is 4. The lowest BCUT2D eigenvalue weighted by Crippen LogP contribution is -2.16. The minimum atomic E-state index is -0.573. The Morgan fingerprint density at radius 1 is 1.15 bits per heavy atom. The lowest BCUT2D eigenvalue weighted by atomic mass is 10.2. The second-order valence-corrected chi connectivity index (χ2v) is 8.22. The molecule has 33 heavy (non-hydrogen) atoms. The molecule has 1 amide bonds. The van der Waals surface area contributed by atoms with Crippen molar-refractivity contribution in [3.8, 4) is 5.75 Å². The molecule has 0 saturated carbocycles. The first-order chi connectivity index (χ1) is 15.8. The molecule has 1 N–H and O–H groups in total. The van der Waals surface area contributed by atoms with E-state index in [4.69, 9.17) is 44.1 Å². The van der Waals surface area contributed by atoms with Crippen LogP contribution in [0.5, 0.6) is 5.75 Å². The summed E-state index contributed by atoms with van der Waals surface area (Å²) in [6.45, 7) is 1.92. The van der Waals surface area contributed by atoms with E-state index in [9.17, 15) is 9.18 Å². The maximum absolute atomic E-state index is 13.3. The minimum Gasteiger partial charge on any atom is -0.487 e. The molecule has 0 spiro atoms. The Bertz CT molecular complexity index is 1320. The summed E-state index contributed by atoms with van der Waals surface area (Å²) < 4.78 is 25.6. The van der Waals surface area contributed by atoms with E-state index >= 15 is 0 Å². The van der Waals surface area contributed by atoms with Crippen molar-refractivity contribution >= 4 is 46.5 Å². The number of nitrogens with zero attached hydrogens (tertiary/aromatic N) is 3. The van der Waals surface area contributed by atoms with Crippen LogP contribution < -0.4 is 10.1 Å². The molecule has 11 heteroatoms. The third-order valence-corrected chi connectivity index (χ3v) is 5.65. The summed E-state index contributed by atoms with van der Waals surface area (Å²) in [6, 6.07) is 11.0. The Balaban J connectivity index is 1.48. The summed E-state index contributed by atoms with van der Waals surface area (Å²) in [4.78, 5) is 12.9. The summed E-state index contributed by atoms with van der Waals surface area (Å²) in [6.07, 6.45) is 1.52. The fraction of sp³-hybridized carbons (Fsp3) is 0.136. The molecule has 4 rings (SSSR count). The molecule has 0 aliphatic heterocycles. The van der Waals surface area contributed by atoms with Crippen molar-refractivity contribution in [1.82, 2.24) is 14.9 Å².